The second kappa shape index (κ2) is 7.10. The first-order valence-electron chi connectivity index (χ1n) is 7.78. The van der Waals surface area contributed by atoms with E-state index < -0.39 is 11.5 Å². The summed E-state index contributed by atoms with van der Waals surface area (Å²) >= 11 is 0. The van der Waals surface area contributed by atoms with E-state index in [2.05, 4.69) is 10.6 Å². The van der Waals surface area contributed by atoms with Gasteiger partial charge >= 0.3 is 5.63 Å². The number of amides is 2. The fourth-order valence-corrected chi connectivity index (χ4v) is 2.52. The SMILES string of the molecule is CNC(=O)c1cc(NC(=O)c2cc3ccccc3oc2=O)ccc1OC. The Bertz CT molecular complexity index is 1060. The molecule has 0 radical (unpaired) electrons. The lowest BCUT2D eigenvalue weighted by atomic mass is 10.1. The maximum absolute atomic E-state index is 12.5. The molecule has 0 unspecified atom stereocenters. The van der Waals surface area contributed by atoms with Gasteiger partial charge in [-0.25, -0.2) is 4.79 Å². The highest BCUT2D eigenvalue weighted by molar-refractivity contribution is 6.06. The summed E-state index contributed by atoms with van der Waals surface area (Å²) in [4.78, 5) is 36.5. The number of anilines is 1. The molecule has 0 aliphatic carbocycles. The molecule has 2 amide bonds. The van der Waals surface area contributed by atoms with Crippen LogP contribution in [0.2, 0.25) is 0 Å². The topological polar surface area (TPSA) is 97.6 Å². The predicted molar refractivity (Wildman–Crippen MR) is 96.8 cm³/mol. The summed E-state index contributed by atoms with van der Waals surface area (Å²) in [5, 5.41) is 5.74. The fraction of sp³-hybridized carbons (Fsp3) is 0.105. The van der Waals surface area contributed by atoms with E-state index in [1.54, 1.807) is 36.4 Å². The monoisotopic (exact) mass is 352 g/mol. The Labute approximate surface area is 148 Å². The van der Waals surface area contributed by atoms with Crippen molar-refractivity contribution in [2.75, 3.05) is 19.5 Å². The first kappa shape index (κ1) is 17.2. The van der Waals surface area contributed by atoms with E-state index in [0.29, 0.717) is 22.4 Å². The van der Waals surface area contributed by atoms with E-state index in [1.165, 1.54) is 26.3 Å². The van der Waals surface area contributed by atoms with Crippen LogP contribution >= 0.6 is 0 Å². The summed E-state index contributed by atoms with van der Waals surface area (Å²) < 4.78 is 10.3. The molecule has 26 heavy (non-hydrogen) atoms. The van der Waals surface area contributed by atoms with Crippen LogP contribution in [0.5, 0.6) is 5.75 Å². The lowest BCUT2D eigenvalue weighted by Crippen LogP contribution is -2.22. The van der Waals surface area contributed by atoms with Gasteiger partial charge in [-0.1, -0.05) is 18.2 Å². The number of methoxy groups -OCH3 is 1. The molecule has 3 rings (SSSR count). The molecule has 7 nitrogen and oxygen atoms in total. The van der Waals surface area contributed by atoms with E-state index in [4.69, 9.17) is 9.15 Å². The third-order valence-electron chi connectivity index (χ3n) is 3.82. The number of para-hydroxylation sites is 1. The molecule has 132 valence electrons. The summed E-state index contributed by atoms with van der Waals surface area (Å²) in [5.74, 6) is -0.617. The molecule has 1 heterocycles. The van der Waals surface area contributed by atoms with Crippen LogP contribution in [0.15, 0.2) is 57.7 Å². The number of benzene rings is 2. The zero-order chi connectivity index (χ0) is 18.7. The molecule has 7 heteroatoms. The average molecular weight is 352 g/mol. The van der Waals surface area contributed by atoms with Crippen molar-refractivity contribution in [1.82, 2.24) is 5.32 Å². The highest BCUT2D eigenvalue weighted by atomic mass is 16.5. The first-order chi connectivity index (χ1) is 12.5. The molecule has 0 aliphatic rings. The zero-order valence-electron chi connectivity index (χ0n) is 14.2. The highest BCUT2D eigenvalue weighted by Gasteiger charge is 2.16. The van der Waals surface area contributed by atoms with E-state index in [0.717, 1.165) is 0 Å². The van der Waals surface area contributed by atoms with E-state index in [1.807, 2.05) is 0 Å². The number of carbonyl (C=O) groups excluding carboxylic acids is 2. The van der Waals surface area contributed by atoms with Crippen molar-refractivity contribution >= 4 is 28.5 Å². The summed E-state index contributed by atoms with van der Waals surface area (Å²) in [6, 6.07) is 13.0. The Kier molecular flexibility index (Phi) is 4.70. The van der Waals surface area contributed by atoms with Gasteiger partial charge in [-0.3, -0.25) is 9.59 Å². The van der Waals surface area contributed by atoms with Gasteiger partial charge in [0.15, 0.2) is 0 Å². The maximum atomic E-state index is 12.5. The van der Waals surface area contributed by atoms with Gasteiger partial charge in [0.1, 0.15) is 16.9 Å². The third kappa shape index (κ3) is 3.27. The van der Waals surface area contributed by atoms with Crippen molar-refractivity contribution in [3.8, 4) is 5.75 Å². The number of nitrogens with one attached hydrogen (secondary N) is 2. The lowest BCUT2D eigenvalue weighted by molar-refractivity contribution is 0.0958. The average Bonchev–Trinajstić information content (AvgIpc) is 2.66. The van der Waals surface area contributed by atoms with Crippen molar-refractivity contribution in [1.29, 1.82) is 0 Å². The molecule has 0 aliphatic heterocycles. The third-order valence-corrected chi connectivity index (χ3v) is 3.82. The molecule has 2 aromatic carbocycles. The van der Waals surface area contributed by atoms with Crippen LogP contribution in [-0.4, -0.2) is 26.0 Å². The Hall–Kier alpha value is -3.61. The summed E-state index contributed by atoms with van der Waals surface area (Å²) in [7, 11) is 2.94. The molecular weight excluding hydrogens is 336 g/mol. The van der Waals surface area contributed by atoms with Gasteiger partial charge in [0.05, 0.1) is 12.7 Å². The minimum Gasteiger partial charge on any atom is -0.496 e. The van der Waals surface area contributed by atoms with Gasteiger partial charge in [-0.2, -0.15) is 0 Å². The molecule has 0 saturated carbocycles. The van der Waals surface area contributed by atoms with Crippen LogP contribution in [0, 0.1) is 0 Å². The van der Waals surface area contributed by atoms with Crippen LogP contribution in [0.1, 0.15) is 20.7 Å². The van der Waals surface area contributed by atoms with Crippen molar-refractivity contribution < 1.29 is 18.7 Å². The quantitative estimate of drug-likeness (QED) is 0.703. The van der Waals surface area contributed by atoms with Crippen LogP contribution in [-0.2, 0) is 0 Å². The minimum atomic E-state index is -0.735. The largest absolute Gasteiger partial charge is 0.496 e. The van der Waals surface area contributed by atoms with Gasteiger partial charge < -0.3 is 19.8 Å². The van der Waals surface area contributed by atoms with Crippen molar-refractivity contribution in [2.45, 2.75) is 0 Å². The number of hydrogen-bond donors (Lipinski definition) is 2. The maximum Gasteiger partial charge on any atom is 0.349 e. The van der Waals surface area contributed by atoms with Gasteiger partial charge in [-0.05, 0) is 30.3 Å². The number of hydrogen-bond acceptors (Lipinski definition) is 5. The molecule has 3 aromatic rings. The second-order valence-corrected chi connectivity index (χ2v) is 5.43. The van der Waals surface area contributed by atoms with E-state index >= 15 is 0 Å². The number of rotatable bonds is 4. The Morgan fingerprint density at radius 3 is 2.50 bits per heavy atom. The molecular formula is C19H16N2O5. The predicted octanol–water partition coefficient (Wildman–Crippen LogP) is 2.41. The van der Waals surface area contributed by atoms with Gasteiger partial charge in [-0.15, -0.1) is 0 Å². The van der Waals surface area contributed by atoms with Gasteiger partial charge in [0.2, 0.25) is 0 Å². The summed E-state index contributed by atoms with van der Waals surface area (Å²) in [5.41, 5.74) is 0.156. The Morgan fingerprint density at radius 1 is 1.00 bits per heavy atom. The number of carbonyl (C=O) groups is 2. The molecule has 0 bridgehead atoms. The standard InChI is InChI=1S/C19H16N2O5/c1-20-17(22)13-10-12(7-8-16(13)25-2)21-18(23)14-9-11-5-3-4-6-15(11)26-19(14)24/h3-10H,1-2H3,(H,20,22)(H,21,23). The molecule has 0 atom stereocenters. The van der Waals surface area contributed by atoms with Crippen molar-refractivity contribution in [2.24, 2.45) is 0 Å². The summed E-state index contributed by atoms with van der Waals surface area (Å²) in [6.07, 6.45) is 0. The van der Waals surface area contributed by atoms with E-state index in [-0.39, 0.29) is 17.0 Å². The van der Waals surface area contributed by atoms with Gasteiger partial charge in [0, 0.05) is 18.1 Å². The molecule has 2 N–H and O–H groups in total. The minimum absolute atomic E-state index is 0.124. The van der Waals surface area contributed by atoms with Crippen LogP contribution in [0.4, 0.5) is 5.69 Å². The lowest BCUT2D eigenvalue weighted by Gasteiger charge is -2.10. The highest BCUT2D eigenvalue weighted by Crippen LogP contribution is 2.23. The van der Waals surface area contributed by atoms with Gasteiger partial charge in [0.25, 0.3) is 11.8 Å². The Balaban J connectivity index is 1.94. The van der Waals surface area contributed by atoms with Crippen molar-refractivity contribution in [3.05, 3.63) is 70.1 Å². The smallest absolute Gasteiger partial charge is 0.349 e. The van der Waals surface area contributed by atoms with Crippen molar-refractivity contribution in [3.63, 3.8) is 0 Å². The molecule has 0 spiro atoms. The summed E-state index contributed by atoms with van der Waals surface area (Å²) in [6.45, 7) is 0. The van der Waals surface area contributed by atoms with Crippen LogP contribution < -0.4 is 21.0 Å². The molecule has 1 aromatic heterocycles. The van der Waals surface area contributed by atoms with Crippen LogP contribution in [0.3, 0.4) is 0 Å². The Morgan fingerprint density at radius 2 is 1.77 bits per heavy atom. The van der Waals surface area contributed by atoms with Crippen LogP contribution in [0.25, 0.3) is 11.0 Å². The molecule has 0 saturated heterocycles. The number of ether oxygens (including phenoxy) is 1. The normalized spacial score (nSPS) is 10.4. The van der Waals surface area contributed by atoms with E-state index in [9.17, 15) is 14.4 Å². The molecule has 0 fully saturated rings. The fourth-order valence-electron chi connectivity index (χ4n) is 2.52. The number of fused-ring (bicyclic) bond motifs is 1. The second-order valence-electron chi connectivity index (χ2n) is 5.43. The first-order valence-corrected chi connectivity index (χ1v) is 7.78. The zero-order valence-corrected chi connectivity index (χ0v) is 14.2.